The summed E-state index contributed by atoms with van der Waals surface area (Å²) in [7, 11) is 3.19. The lowest BCUT2D eigenvalue weighted by Gasteiger charge is -2.57. The molecular weight excluding hydrogens is 483 g/mol. The van der Waals surface area contributed by atoms with Crippen molar-refractivity contribution >= 4 is 11.9 Å². The van der Waals surface area contributed by atoms with E-state index in [1.54, 1.807) is 26.4 Å². The summed E-state index contributed by atoms with van der Waals surface area (Å²) >= 11 is 0. The highest BCUT2D eigenvalue weighted by Gasteiger charge is 2.48. The van der Waals surface area contributed by atoms with Gasteiger partial charge in [0.25, 0.3) is 5.91 Å². The number of carbonyl (C=O) groups excluding carboxylic acids is 1. The van der Waals surface area contributed by atoms with Crippen molar-refractivity contribution in [2.75, 3.05) is 33.9 Å². The van der Waals surface area contributed by atoms with Crippen molar-refractivity contribution in [3.63, 3.8) is 0 Å². The maximum absolute atomic E-state index is 13.4. The first-order valence-corrected chi connectivity index (χ1v) is 11.4. The van der Waals surface area contributed by atoms with Crippen molar-refractivity contribution in [3.05, 3.63) is 40.8 Å². The second-order valence-corrected chi connectivity index (χ2v) is 8.90. The third kappa shape index (κ3) is 5.75. The quantitative estimate of drug-likeness (QED) is 0.644. The zero-order valence-corrected chi connectivity index (χ0v) is 20.6. The van der Waals surface area contributed by atoms with Crippen LogP contribution in [0.2, 0.25) is 0 Å². The molecule has 1 spiro atoms. The highest BCUT2D eigenvalue weighted by atomic mass is 19.4. The Morgan fingerprint density at radius 3 is 2.36 bits per heavy atom. The molecule has 2 aliphatic rings. The van der Waals surface area contributed by atoms with Gasteiger partial charge in [-0.15, -0.1) is 0 Å². The molecule has 1 atom stereocenters. The van der Waals surface area contributed by atoms with E-state index in [2.05, 4.69) is 10.1 Å². The van der Waals surface area contributed by atoms with E-state index in [9.17, 15) is 18.0 Å². The van der Waals surface area contributed by atoms with E-state index in [0.29, 0.717) is 17.1 Å². The first-order chi connectivity index (χ1) is 16.9. The number of halogens is 3. The third-order valence-electron chi connectivity index (χ3n) is 6.77. The molecule has 1 unspecified atom stereocenters. The number of carboxylic acids is 1. The predicted octanol–water partition coefficient (Wildman–Crippen LogP) is 3.82. The van der Waals surface area contributed by atoms with E-state index in [4.69, 9.17) is 23.9 Å². The lowest BCUT2D eigenvalue weighted by atomic mass is 9.77. The molecule has 36 heavy (non-hydrogen) atoms. The van der Waals surface area contributed by atoms with Crippen LogP contribution in [-0.2, 0) is 11.3 Å². The molecule has 3 heterocycles. The summed E-state index contributed by atoms with van der Waals surface area (Å²) in [5.41, 5.74) is 2.72. The summed E-state index contributed by atoms with van der Waals surface area (Å²) in [5.74, 6) is -0.632. The van der Waals surface area contributed by atoms with Crippen LogP contribution in [-0.4, -0.2) is 77.5 Å². The highest BCUT2D eigenvalue weighted by molar-refractivity contribution is 5.97. The minimum absolute atomic E-state index is 0.00372. The van der Waals surface area contributed by atoms with Crippen molar-refractivity contribution in [2.24, 2.45) is 0 Å². The number of aryl methyl sites for hydroxylation is 2. The molecule has 9 nitrogen and oxygen atoms in total. The van der Waals surface area contributed by atoms with Crippen molar-refractivity contribution in [1.82, 2.24) is 15.0 Å². The van der Waals surface area contributed by atoms with Crippen molar-refractivity contribution in [1.29, 1.82) is 0 Å². The maximum atomic E-state index is 13.4. The third-order valence-corrected chi connectivity index (χ3v) is 6.77. The molecule has 1 N–H and O–H groups in total. The molecule has 0 radical (unpaired) electrons. The molecule has 198 valence electrons. The molecule has 2 saturated heterocycles. The second kappa shape index (κ2) is 10.8. The van der Waals surface area contributed by atoms with Gasteiger partial charge in [0, 0.05) is 37.3 Å². The van der Waals surface area contributed by atoms with Crippen molar-refractivity contribution in [2.45, 2.75) is 51.4 Å². The zero-order chi connectivity index (χ0) is 26.7. The molecule has 0 aliphatic carbocycles. The molecule has 1 amide bonds. The lowest BCUT2D eigenvalue weighted by Crippen LogP contribution is -2.67. The van der Waals surface area contributed by atoms with Crippen LogP contribution in [0.3, 0.4) is 0 Å². The van der Waals surface area contributed by atoms with Crippen LogP contribution in [0.1, 0.15) is 46.6 Å². The molecule has 2 aliphatic heterocycles. The van der Waals surface area contributed by atoms with Crippen LogP contribution in [0.25, 0.3) is 0 Å². The van der Waals surface area contributed by atoms with E-state index in [1.165, 1.54) is 5.56 Å². The van der Waals surface area contributed by atoms with Crippen molar-refractivity contribution in [3.8, 4) is 11.5 Å². The first-order valence-electron chi connectivity index (χ1n) is 11.4. The zero-order valence-electron chi connectivity index (χ0n) is 20.6. The average molecular weight is 514 g/mol. The van der Waals surface area contributed by atoms with Crippen LogP contribution in [0, 0.1) is 13.8 Å². The Hall–Kier alpha value is -3.28. The Labute approximate surface area is 206 Å². The summed E-state index contributed by atoms with van der Waals surface area (Å²) in [6.45, 7) is 7.31. The Morgan fingerprint density at radius 1 is 1.17 bits per heavy atom. The number of nitrogens with zero attached hydrogens (tertiary/aromatic N) is 3. The average Bonchev–Trinajstić information content (AvgIpc) is 3.17. The molecule has 2 aromatic rings. The van der Waals surface area contributed by atoms with Crippen LogP contribution < -0.4 is 9.47 Å². The van der Waals surface area contributed by atoms with E-state index in [0.717, 1.165) is 56.9 Å². The number of ether oxygens (including phenoxy) is 2. The number of piperidine rings is 1. The Bertz CT molecular complexity index is 1080. The monoisotopic (exact) mass is 513 g/mol. The fourth-order valence-electron chi connectivity index (χ4n) is 4.65. The van der Waals surface area contributed by atoms with E-state index >= 15 is 0 Å². The summed E-state index contributed by atoms with van der Waals surface area (Å²) < 4.78 is 47.8. The van der Waals surface area contributed by atoms with Crippen LogP contribution in [0.15, 0.2) is 22.7 Å². The molecule has 4 rings (SSSR count). The summed E-state index contributed by atoms with van der Waals surface area (Å²) in [6.07, 6.45) is -1.87. The Morgan fingerprint density at radius 2 is 1.86 bits per heavy atom. The van der Waals surface area contributed by atoms with Gasteiger partial charge in [-0.3, -0.25) is 9.69 Å². The summed E-state index contributed by atoms with van der Waals surface area (Å²) in [5, 5.41) is 11.2. The predicted molar refractivity (Wildman–Crippen MR) is 122 cm³/mol. The SMILES string of the molecule is COc1ccc(OC)c(C(=O)N2CCCC3(CCN3Cc3c(C)noc3C)C2)c1.O=C(O)C(F)(F)F. The van der Waals surface area contributed by atoms with Crippen LogP contribution in [0.5, 0.6) is 11.5 Å². The number of likely N-dealkylation sites (tertiary alicyclic amines) is 2. The van der Waals surface area contributed by atoms with Gasteiger partial charge in [-0.1, -0.05) is 5.16 Å². The van der Waals surface area contributed by atoms with Gasteiger partial charge in [-0.2, -0.15) is 13.2 Å². The molecule has 0 bridgehead atoms. The maximum Gasteiger partial charge on any atom is 0.490 e. The number of aliphatic carboxylic acids is 1. The number of aromatic nitrogens is 1. The van der Waals surface area contributed by atoms with E-state index < -0.39 is 12.1 Å². The number of rotatable bonds is 5. The summed E-state index contributed by atoms with van der Waals surface area (Å²) in [4.78, 5) is 26.7. The van der Waals surface area contributed by atoms with E-state index in [-0.39, 0.29) is 11.4 Å². The Balaban J connectivity index is 0.000000454. The number of benzene rings is 1. The Kier molecular flexibility index (Phi) is 8.17. The number of carbonyl (C=O) groups is 2. The summed E-state index contributed by atoms with van der Waals surface area (Å²) in [6, 6.07) is 5.37. The van der Waals surface area contributed by atoms with Crippen LogP contribution >= 0.6 is 0 Å². The van der Waals surface area contributed by atoms with E-state index in [1.807, 2.05) is 24.8 Å². The van der Waals surface area contributed by atoms with Crippen molar-refractivity contribution < 1.29 is 41.9 Å². The van der Waals surface area contributed by atoms with Gasteiger partial charge in [0.1, 0.15) is 17.3 Å². The van der Waals surface area contributed by atoms with Gasteiger partial charge in [-0.25, -0.2) is 4.79 Å². The number of alkyl halides is 3. The minimum Gasteiger partial charge on any atom is -0.497 e. The number of hydrogen-bond acceptors (Lipinski definition) is 7. The standard InChI is InChI=1S/C22H29N3O4.C2HF3O2/c1-15-19(16(2)29-23-15)13-25-11-9-22(25)8-5-10-24(14-22)21(26)18-12-17(27-3)6-7-20(18)28-4;3-2(4,5)1(6)7/h6-7,12H,5,8-11,13-14H2,1-4H3;(H,6,7). The van der Waals surface area contributed by atoms with Gasteiger partial charge in [0.05, 0.1) is 25.5 Å². The molecular formula is C24H30F3N3O6. The molecule has 0 saturated carbocycles. The second-order valence-electron chi connectivity index (χ2n) is 8.90. The van der Waals surface area contributed by atoms with Gasteiger partial charge >= 0.3 is 12.1 Å². The molecule has 12 heteroatoms. The van der Waals surface area contributed by atoms with Gasteiger partial charge in [0.15, 0.2) is 0 Å². The van der Waals surface area contributed by atoms with Gasteiger partial charge in [-0.05, 0) is 51.3 Å². The minimum atomic E-state index is -5.08. The molecule has 2 fully saturated rings. The van der Waals surface area contributed by atoms with Gasteiger partial charge in [0.2, 0.25) is 0 Å². The largest absolute Gasteiger partial charge is 0.497 e. The fraction of sp³-hybridized carbons (Fsp3) is 0.542. The number of methoxy groups -OCH3 is 2. The smallest absolute Gasteiger partial charge is 0.490 e. The topological polar surface area (TPSA) is 105 Å². The van der Waals surface area contributed by atoms with Gasteiger partial charge < -0.3 is 24.0 Å². The van der Waals surface area contributed by atoms with Crippen LogP contribution in [0.4, 0.5) is 13.2 Å². The normalized spacial score (nSPS) is 19.8. The molecule has 1 aromatic heterocycles. The fourth-order valence-corrected chi connectivity index (χ4v) is 4.65. The molecule has 1 aromatic carbocycles. The lowest BCUT2D eigenvalue weighted by molar-refractivity contribution is -0.192. The number of carboxylic acid groups (broad SMARTS) is 1. The first kappa shape index (κ1) is 27.3. The number of amides is 1. The number of hydrogen-bond donors (Lipinski definition) is 1. The highest BCUT2D eigenvalue weighted by Crippen LogP contribution is 2.41.